The third-order valence-electron chi connectivity index (χ3n) is 2.18. The van der Waals surface area contributed by atoms with Gasteiger partial charge in [-0.1, -0.05) is 18.2 Å². The molecule has 0 spiro atoms. The summed E-state index contributed by atoms with van der Waals surface area (Å²) in [7, 11) is -2.50. The Balaban J connectivity index is 2.56. The fourth-order valence-electron chi connectivity index (χ4n) is 1.53. The number of benzene rings is 1. The molecule has 0 N–H and O–H groups in total. The summed E-state index contributed by atoms with van der Waals surface area (Å²) in [6.45, 7) is 0. The van der Waals surface area contributed by atoms with Crippen molar-refractivity contribution in [3.05, 3.63) is 34.7 Å². The first-order valence-corrected chi connectivity index (χ1v) is 8.24. The van der Waals surface area contributed by atoms with Crippen LogP contribution in [-0.4, -0.2) is 22.6 Å². The van der Waals surface area contributed by atoms with Crippen molar-refractivity contribution in [2.75, 3.05) is 5.75 Å². The average Bonchev–Trinajstić information content (AvgIpc) is 2.37. The molecule has 1 aliphatic rings. The molecule has 1 heterocycles. The van der Waals surface area contributed by atoms with Gasteiger partial charge in [-0.3, -0.25) is 0 Å². The lowest BCUT2D eigenvalue weighted by atomic mass is 10.2. The van der Waals surface area contributed by atoms with Crippen molar-refractivity contribution in [2.24, 2.45) is 0 Å². The standard InChI is InChI=1S/C9H7ClO4S2/c10-15(11,12)6-8-5-7-3-1-2-4-9(7)16(8,13)14/h1-5H,6H2. The number of sulfone groups is 1. The molecule has 0 saturated carbocycles. The van der Waals surface area contributed by atoms with Gasteiger partial charge >= 0.3 is 0 Å². The fourth-order valence-corrected chi connectivity index (χ4v) is 4.84. The molecule has 0 atom stereocenters. The van der Waals surface area contributed by atoms with Gasteiger partial charge in [-0.05, 0) is 17.7 Å². The molecule has 0 aromatic heterocycles. The van der Waals surface area contributed by atoms with E-state index in [1.165, 1.54) is 12.1 Å². The van der Waals surface area contributed by atoms with Crippen LogP contribution in [0.3, 0.4) is 0 Å². The molecule has 0 amide bonds. The van der Waals surface area contributed by atoms with Crippen LogP contribution in [-0.2, 0) is 18.9 Å². The topological polar surface area (TPSA) is 68.3 Å². The summed E-state index contributed by atoms with van der Waals surface area (Å²) in [5.41, 5.74) is 0.498. The van der Waals surface area contributed by atoms with Crippen LogP contribution in [0.2, 0.25) is 0 Å². The van der Waals surface area contributed by atoms with Gasteiger partial charge in [0.2, 0.25) is 18.9 Å². The first kappa shape index (κ1) is 11.6. The van der Waals surface area contributed by atoms with Crippen LogP contribution in [0.5, 0.6) is 0 Å². The van der Waals surface area contributed by atoms with Gasteiger partial charge in [-0.15, -0.1) is 0 Å². The summed E-state index contributed by atoms with van der Waals surface area (Å²) in [6.07, 6.45) is 1.34. The van der Waals surface area contributed by atoms with Crippen molar-refractivity contribution in [2.45, 2.75) is 4.90 Å². The minimum Gasteiger partial charge on any atom is -0.219 e. The number of hydrogen-bond donors (Lipinski definition) is 0. The molecule has 2 rings (SSSR count). The quantitative estimate of drug-likeness (QED) is 0.767. The Morgan fingerprint density at radius 3 is 2.38 bits per heavy atom. The molecule has 16 heavy (non-hydrogen) atoms. The predicted molar refractivity (Wildman–Crippen MR) is 61.2 cm³/mol. The fraction of sp³-hybridized carbons (Fsp3) is 0.111. The molecule has 0 unspecified atom stereocenters. The second kappa shape index (κ2) is 3.58. The molecule has 4 nitrogen and oxygen atoms in total. The van der Waals surface area contributed by atoms with Gasteiger partial charge in [-0.2, -0.15) is 0 Å². The van der Waals surface area contributed by atoms with Gasteiger partial charge in [0.25, 0.3) is 0 Å². The summed E-state index contributed by atoms with van der Waals surface area (Å²) < 4.78 is 45.5. The van der Waals surface area contributed by atoms with Gasteiger partial charge < -0.3 is 0 Å². The molecule has 7 heteroatoms. The van der Waals surface area contributed by atoms with E-state index in [2.05, 4.69) is 0 Å². The molecule has 0 radical (unpaired) electrons. The highest BCUT2D eigenvalue weighted by Gasteiger charge is 2.31. The number of fused-ring (bicyclic) bond motifs is 1. The molecular weight excluding hydrogens is 272 g/mol. The van der Waals surface area contributed by atoms with E-state index in [0.717, 1.165) is 0 Å². The molecule has 1 aromatic rings. The van der Waals surface area contributed by atoms with Crippen LogP contribution in [0.15, 0.2) is 34.1 Å². The highest BCUT2D eigenvalue weighted by Crippen LogP contribution is 2.33. The minimum atomic E-state index is -3.87. The molecule has 0 saturated heterocycles. The van der Waals surface area contributed by atoms with Gasteiger partial charge in [-0.25, -0.2) is 16.8 Å². The zero-order valence-electron chi connectivity index (χ0n) is 7.92. The highest BCUT2D eigenvalue weighted by molar-refractivity contribution is 8.14. The van der Waals surface area contributed by atoms with Crippen LogP contribution in [0.4, 0.5) is 0 Å². The number of hydrogen-bond acceptors (Lipinski definition) is 4. The van der Waals surface area contributed by atoms with E-state index < -0.39 is 24.6 Å². The summed E-state index contributed by atoms with van der Waals surface area (Å²) in [5.74, 6) is -0.675. The lowest BCUT2D eigenvalue weighted by Crippen LogP contribution is -2.08. The Morgan fingerprint density at radius 1 is 1.19 bits per heavy atom. The highest BCUT2D eigenvalue weighted by atomic mass is 35.7. The molecule has 86 valence electrons. The van der Waals surface area contributed by atoms with Gasteiger partial charge in [0.15, 0.2) is 0 Å². The SMILES string of the molecule is O=S(=O)(Cl)CC1=Cc2ccccc2S1(=O)=O. The van der Waals surface area contributed by atoms with E-state index in [9.17, 15) is 16.8 Å². The smallest absolute Gasteiger partial charge is 0.219 e. The van der Waals surface area contributed by atoms with Crippen molar-refractivity contribution in [3.63, 3.8) is 0 Å². The van der Waals surface area contributed by atoms with E-state index in [0.29, 0.717) is 5.56 Å². The Bertz CT molecular complexity index is 671. The third-order valence-corrected chi connectivity index (χ3v) is 5.25. The van der Waals surface area contributed by atoms with Crippen molar-refractivity contribution in [1.29, 1.82) is 0 Å². The second-order valence-corrected chi connectivity index (χ2v) is 8.08. The average molecular weight is 279 g/mol. The van der Waals surface area contributed by atoms with Crippen LogP contribution in [0.25, 0.3) is 6.08 Å². The summed E-state index contributed by atoms with van der Waals surface area (Å²) in [6, 6.07) is 6.32. The molecular formula is C9H7ClO4S2. The number of halogens is 1. The van der Waals surface area contributed by atoms with Crippen molar-refractivity contribution in [1.82, 2.24) is 0 Å². The maximum atomic E-state index is 11.9. The van der Waals surface area contributed by atoms with Crippen LogP contribution < -0.4 is 0 Å². The predicted octanol–water partition coefficient (Wildman–Crippen LogP) is 1.38. The lowest BCUT2D eigenvalue weighted by Gasteiger charge is -2.00. The van der Waals surface area contributed by atoms with E-state index >= 15 is 0 Å². The van der Waals surface area contributed by atoms with Crippen LogP contribution >= 0.6 is 10.7 Å². The Kier molecular flexibility index (Phi) is 2.60. The van der Waals surface area contributed by atoms with E-state index in [-0.39, 0.29) is 9.80 Å². The third kappa shape index (κ3) is 2.00. The monoisotopic (exact) mass is 278 g/mol. The Hall–Kier alpha value is -0.850. The zero-order valence-corrected chi connectivity index (χ0v) is 10.3. The molecule has 0 fully saturated rings. The van der Waals surface area contributed by atoms with Crippen molar-refractivity contribution < 1.29 is 16.8 Å². The van der Waals surface area contributed by atoms with Crippen molar-refractivity contribution >= 4 is 35.6 Å². The lowest BCUT2D eigenvalue weighted by molar-refractivity contribution is 0.599. The second-order valence-electron chi connectivity index (χ2n) is 3.34. The van der Waals surface area contributed by atoms with Gasteiger partial charge in [0.05, 0.1) is 9.80 Å². The van der Waals surface area contributed by atoms with Crippen molar-refractivity contribution in [3.8, 4) is 0 Å². The Labute approximate surface area is 97.9 Å². The maximum absolute atomic E-state index is 11.9. The Morgan fingerprint density at radius 2 is 1.81 bits per heavy atom. The van der Waals surface area contributed by atoms with E-state index in [1.807, 2.05) is 0 Å². The molecule has 0 aliphatic carbocycles. The largest absolute Gasteiger partial charge is 0.237 e. The van der Waals surface area contributed by atoms with Crippen LogP contribution in [0, 0.1) is 0 Å². The van der Waals surface area contributed by atoms with Crippen LogP contribution in [0.1, 0.15) is 5.56 Å². The molecule has 1 aromatic carbocycles. The minimum absolute atomic E-state index is 0.130. The van der Waals surface area contributed by atoms with Gasteiger partial charge in [0, 0.05) is 10.7 Å². The van der Waals surface area contributed by atoms with Gasteiger partial charge in [0.1, 0.15) is 5.75 Å². The first-order valence-electron chi connectivity index (χ1n) is 4.28. The summed E-state index contributed by atoms with van der Waals surface area (Å²) in [5, 5.41) is 0. The number of rotatable bonds is 2. The van der Waals surface area contributed by atoms with E-state index in [1.54, 1.807) is 18.2 Å². The zero-order chi connectivity index (χ0) is 12.0. The molecule has 0 bridgehead atoms. The molecule has 1 aliphatic heterocycles. The first-order chi connectivity index (χ1) is 7.31. The normalized spacial score (nSPS) is 17.9. The van der Waals surface area contributed by atoms with E-state index in [4.69, 9.17) is 10.7 Å². The summed E-state index contributed by atoms with van der Waals surface area (Å²) >= 11 is 0. The maximum Gasteiger partial charge on any atom is 0.237 e. The summed E-state index contributed by atoms with van der Waals surface area (Å²) in [4.78, 5) is -0.0472.